The quantitative estimate of drug-likeness (QED) is 0.853. The van der Waals surface area contributed by atoms with E-state index in [1.54, 1.807) is 0 Å². The predicted octanol–water partition coefficient (Wildman–Crippen LogP) is 3.87. The summed E-state index contributed by atoms with van der Waals surface area (Å²) >= 11 is 0. The first-order valence-corrected chi connectivity index (χ1v) is 9.53. The van der Waals surface area contributed by atoms with E-state index in [0.29, 0.717) is 36.6 Å². The number of carbonyl (C=O) groups is 1. The number of ketones is 1. The molecule has 0 aliphatic heterocycles. The van der Waals surface area contributed by atoms with E-state index in [1.807, 2.05) is 0 Å². The van der Waals surface area contributed by atoms with E-state index in [1.165, 1.54) is 17.5 Å². The first-order valence-electron chi connectivity index (χ1n) is 9.53. The predicted molar refractivity (Wildman–Crippen MR) is 93.3 cm³/mol. The van der Waals surface area contributed by atoms with Gasteiger partial charge in [-0.15, -0.1) is 0 Å². The molecule has 1 aromatic carbocycles. The molecule has 0 amide bonds. The monoisotopic (exact) mass is 328 g/mol. The number of aryl methyl sites for hydroxylation is 1. The Morgan fingerprint density at radius 3 is 2.96 bits per heavy atom. The zero-order valence-electron chi connectivity index (χ0n) is 14.6. The van der Waals surface area contributed by atoms with Gasteiger partial charge in [-0.2, -0.15) is 0 Å². The zero-order chi connectivity index (χ0) is 16.7. The minimum atomic E-state index is -0.0357. The highest BCUT2D eigenvalue weighted by molar-refractivity contribution is 5.87. The van der Waals surface area contributed by atoms with Crippen LogP contribution in [0.2, 0.25) is 0 Å². The summed E-state index contributed by atoms with van der Waals surface area (Å²) in [5.41, 5.74) is 2.90. The highest BCUT2D eigenvalue weighted by atomic mass is 16.5. The van der Waals surface area contributed by atoms with Crippen LogP contribution in [-0.4, -0.2) is 24.1 Å². The average molecular weight is 328 g/mol. The number of carbonyl (C=O) groups excluding carboxylic acids is 1. The number of benzene rings is 1. The van der Waals surface area contributed by atoms with Gasteiger partial charge >= 0.3 is 0 Å². The van der Waals surface area contributed by atoms with Gasteiger partial charge in [0.1, 0.15) is 11.5 Å². The van der Waals surface area contributed by atoms with Crippen LogP contribution in [0.15, 0.2) is 18.2 Å². The summed E-state index contributed by atoms with van der Waals surface area (Å²) in [4.78, 5) is 12.4. The maximum absolute atomic E-state index is 12.4. The van der Waals surface area contributed by atoms with Crippen molar-refractivity contribution in [1.29, 1.82) is 0 Å². The zero-order valence-corrected chi connectivity index (χ0v) is 14.6. The summed E-state index contributed by atoms with van der Waals surface area (Å²) in [5, 5.41) is 8.88. The molecule has 0 aromatic heterocycles. The Labute approximate surface area is 144 Å². The van der Waals surface area contributed by atoms with Crippen LogP contribution in [0, 0.1) is 17.3 Å². The molecule has 4 rings (SSSR count). The third-order valence-corrected chi connectivity index (χ3v) is 6.98. The van der Waals surface area contributed by atoms with Gasteiger partial charge in [0.15, 0.2) is 0 Å². The molecule has 1 N–H and O–H groups in total. The van der Waals surface area contributed by atoms with Crippen molar-refractivity contribution >= 4 is 5.78 Å². The molecule has 0 heterocycles. The van der Waals surface area contributed by atoms with E-state index in [4.69, 9.17) is 9.84 Å². The van der Waals surface area contributed by atoms with Crippen molar-refractivity contribution in [1.82, 2.24) is 0 Å². The number of hydrogen-bond acceptors (Lipinski definition) is 3. The molecular weight excluding hydrogens is 300 g/mol. The Kier molecular flexibility index (Phi) is 4.16. The summed E-state index contributed by atoms with van der Waals surface area (Å²) in [7, 11) is 0. The molecule has 3 aliphatic rings. The lowest BCUT2D eigenvalue weighted by molar-refractivity contribution is -0.129. The van der Waals surface area contributed by atoms with E-state index in [0.717, 1.165) is 37.9 Å². The Bertz CT molecular complexity index is 638. The first-order chi connectivity index (χ1) is 11.6. The highest BCUT2D eigenvalue weighted by Gasteiger charge is 2.54. The normalized spacial score (nSPS) is 34.4. The molecule has 0 spiro atoms. The van der Waals surface area contributed by atoms with Gasteiger partial charge in [-0.05, 0) is 73.1 Å². The number of hydrogen-bond donors (Lipinski definition) is 1. The van der Waals surface area contributed by atoms with Gasteiger partial charge in [0.05, 0.1) is 6.61 Å². The molecule has 1 aromatic rings. The number of ether oxygens (including phenoxy) is 1. The van der Waals surface area contributed by atoms with Crippen LogP contribution in [0.1, 0.15) is 62.5 Å². The van der Waals surface area contributed by atoms with Crippen molar-refractivity contribution in [2.24, 2.45) is 17.3 Å². The standard InChI is InChI=1S/C21H28O3/c1-21-10-9-17-16-6-4-15(24-12-2-11-22)13-14(16)3-5-18(17)19(21)7-8-20(21)23/h4,6,13,17-19,22H,2-3,5,7-12H2,1H3. The van der Waals surface area contributed by atoms with Crippen molar-refractivity contribution in [2.45, 2.75) is 57.8 Å². The van der Waals surface area contributed by atoms with Gasteiger partial charge in [-0.3, -0.25) is 4.79 Å². The highest BCUT2D eigenvalue weighted by Crippen LogP contribution is 2.59. The lowest BCUT2D eigenvalue weighted by Gasteiger charge is -2.48. The van der Waals surface area contributed by atoms with Crippen molar-refractivity contribution in [3.8, 4) is 5.75 Å². The summed E-state index contributed by atoms with van der Waals surface area (Å²) < 4.78 is 5.74. The van der Waals surface area contributed by atoms with E-state index >= 15 is 0 Å². The molecule has 24 heavy (non-hydrogen) atoms. The van der Waals surface area contributed by atoms with E-state index < -0.39 is 0 Å². The van der Waals surface area contributed by atoms with Crippen LogP contribution >= 0.6 is 0 Å². The number of aliphatic hydroxyl groups is 1. The van der Waals surface area contributed by atoms with Crippen molar-refractivity contribution in [2.75, 3.05) is 13.2 Å². The molecule has 0 radical (unpaired) electrons. The molecule has 4 unspecified atom stereocenters. The SMILES string of the molecule is CC12CCC3c4ccc(OCCCO)cc4CCC3C1CCC2=O. The molecule has 0 bridgehead atoms. The summed E-state index contributed by atoms with van der Waals surface area (Å²) in [5.74, 6) is 3.35. The second-order valence-electron chi connectivity index (χ2n) is 8.12. The largest absolute Gasteiger partial charge is 0.493 e. The van der Waals surface area contributed by atoms with Gasteiger partial charge in [-0.1, -0.05) is 13.0 Å². The van der Waals surface area contributed by atoms with Crippen molar-refractivity contribution in [3.63, 3.8) is 0 Å². The molecule has 3 nitrogen and oxygen atoms in total. The fourth-order valence-corrected chi connectivity index (χ4v) is 5.67. The number of fused-ring (bicyclic) bond motifs is 5. The van der Waals surface area contributed by atoms with Gasteiger partial charge in [0, 0.05) is 24.9 Å². The number of Topliss-reactive ketones (excluding diaryl/α,β-unsaturated/α-hetero) is 1. The smallest absolute Gasteiger partial charge is 0.139 e. The van der Waals surface area contributed by atoms with Crippen molar-refractivity contribution in [3.05, 3.63) is 29.3 Å². The third-order valence-electron chi connectivity index (χ3n) is 6.98. The molecule has 130 valence electrons. The molecule has 4 atom stereocenters. The van der Waals surface area contributed by atoms with Crippen molar-refractivity contribution < 1.29 is 14.6 Å². The Morgan fingerprint density at radius 1 is 1.25 bits per heavy atom. The Morgan fingerprint density at radius 2 is 2.12 bits per heavy atom. The number of rotatable bonds is 4. The molecule has 3 heteroatoms. The lowest BCUT2D eigenvalue weighted by Crippen LogP contribution is -2.42. The molecule has 0 saturated heterocycles. The van der Waals surface area contributed by atoms with Crippen LogP contribution in [0.5, 0.6) is 5.75 Å². The van der Waals surface area contributed by atoms with Gasteiger partial charge in [-0.25, -0.2) is 0 Å². The maximum atomic E-state index is 12.4. The topological polar surface area (TPSA) is 46.5 Å². The third kappa shape index (κ3) is 2.48. The second kappa shape index (κ2) is 6.18. The molecular formula is C21H28O3. The minimum Gasteiger partial charge on any atom is -0.493 e. The van der Waals surface area contributed by atoms with Gasteiger partial charge < -0.3 is 9.84 Å². The van der Waals surface area contributed by atoms with Crippen LogP contribution in [0.4, 0.5) is 0 Å². The van der Waals surface area contributed by atoms with Crippen LogP contribution in [0.25, 0.3) is 0 Å². The van der Waals surface area contributed by atoms with Crippen LogP contribution in [-0.2, 0) is 11.2 Å². The average Bonchev–Trinajstić information content (AvgIpc) is 2.90. The van der Waals surface area contributed by atoms with Crippen LogP contribution < -0.4 is 4.74 Å². The molecule has 3 aliphatic carbocycles. The number of aliphatic hydroxyl groups excluding tert-OH is 1. The fraction of sp³-hybridized carbons (Fsp3) is 0.667. The van der Waals surface area contributed by atoms with E-state index in [-0.39, 0.29) is 12.0 Å². The molecule has 2 saturated carbocycles. The second-order valence-corrected chi connectivity index (χ2v) is 8.12. The summed E-state index contributed by atoms with van der Waals surface area (Å²) in [6, 6.07) is 6.56. The van der Waals surface area contributed by atoms with E-state index in [2.05, 4.69) is 25.1 Å². The van der Waals surface area contributed by atoms with Gasteiger partial charge in [0.25, 0.3) is 0 Å². The van der Waals surface area contributed by atoms with Crippen LogP contribution in [0.3, 0.4) is 0 Å². The fourth-order valence-electron chi connectivity index (χ4n) is 5.67. The van der Waals surface area contributed by atoms with E-state index in [9.17, 15) is 4.79 Å². The molecule has 2 fully saturated rings. The Hall–Kier alpha value is -1.35. The lowest BCUT2D eigenvalue weighted by atomic mass is 9.55. The first kappa shape index (κ1) is 16.1. The Balaban J connectivity index is 1.56. The van der Waals surface area contributed by atoms with Gasteiger partial charge in [0.2, 0.25) is 0 Å². The summed E-state index contributed by atoms with van der Waals surface area (Å²) in [6.07, 6.45) is 7.12. The minimum absolute atomic E-state index is 0.0357. The summed E-state index contributed by atoms with van der Waals surface area (Å²) in [6.45, 7) is 2.98. The maximum Gasteiger partial charge on any atom is 0.139 e.